The Labute approximate surface area is 153 Å². The van der Waals surface area contributed by atoms with Crippen LogP contribution in [0, 0.1) is 6.92 Å². The van der Waals surface area contributed by atoms with Gasteiger partial charge in [-0.3, -0.25) is 4.79 Å². The minimum absolute atomic E-state index is 0.0426. The normalized spacial score (nSPS) is 16.7. The number of hydrogen-bond donors (Lipinski definition) is 0. The van der Waals surface area contributed by atoms with E-state index in [1.165, 1.54) is 6.42 Å². The molecule has 0 aromatic carbocycles. The van der Waals surface area contributed by atoms with Gasteiger partial charge in [-0.2, -0.15) is 0 Å². The molecule has 2 aliphatic heterocycles. The highest BCUT2D eigenvalue weighted by Crippen LogP contribution is 2.26. The first-order valence-electron chi connectivity index (χ1n) is 9.29. The molecule has 0 unspecified atom stereocenters. The molecule has 4 rings (SSSR count). The molecule has 1 amide bonds. The summed E-state index contributed by atoms with van der Waals surface area (Å²) in [5.41, 5.74) is 2.08. The van der Waals surface area contributed by atoms with Gasteiger partial charge in [-0.15, -0.1) is 10.2 Å². The van der Waals surface area contributed by atoms with E-state index in [1.807, 2.05) is 35.4 Å². The van der Waals surface area contributed by atoms with Crippen molar-refractivity contribution in [3.05, 3.63) is 28.7 Å². The summed E-state index contributed by atoms with van der Waals surface area (Å²) in [5, 5.41) is 8.48. The summed E-state index contributed by atoms with van der Waals surface area (Å²) in [6.07, 6.45) is 5.04. The smallest absolute Gasteiger partial charge is 0.292 e. The average Bonchev–Trinajstić information content (AvgIpc) is 2.87. The molecule has 0 saturated heterocycles. The van der Waals surface area contributed by atoms with Gasteiger partial charge in [0.2, 0.25) is 5.82 Å². The Kier molecular flexibility index (Phi) is 4.34. The van der Waals surface area contributed by atoms with Crippen LogP contribution in [0.5, 0.6) is 0 Å². The Hall–Kier alpha value is -2.51. The van der Waals surface area contributed by atoms with Crippen molar-refractivity contribution in [1.29, 1.82) is 0 Å². The molecule has 0 aliphatic carbocycles. The fourth-order valence-electron chi connectivity index (χ4n) is 3.86. The van der Waals surface area contributed by atoms with E-state index in [0.29, 0.717) is 18.9 Å². The number of hydrogen-bond acceptors (Lipinski definition) is 6. The largest absolute Gasteiger partial charge is 0.362 e. The molecule has 0 atom stereocenters. The predicted octanol–water partition coefficient (Wildman–Crippen LogP) is 1.37. The van der Waals surface area contributed by atoms with Crippen LogP contribution in [0.15, 0.2) is 0 Å². The average molecular weight is 355 g/mol. The van der Waals surface area contributed by atoms with Gasteiger partial charge in [0.25, 0.3) is 5.91 Å². The predicted molar refractivity (Wildman–Crippen MR) is 97.1 cm³/mol. The van der Waals surface area contributed by atoms with Gasteiger partial charge in [-0.05, 0) is 26.2 Å². The summed E-state index contributed by atoms with van der Waals surface area (Å²) in [4.78, 5) is 26.1. The summed E-state index contributed by atoms with van der Waals surface area (Å²) in [5.74, 6) is 3.06. The molecule has 8 nitrogen and oxygen atoms in total. The molecule has 4 heterocycles. The van der Waals surface area contributed by atoms with Crippen LogP contribution < -0.4 is 4.90 Å². The third kappa shape index (κ3) is 2.93. The van der Waals surface area contributed by atoms with Crippen LogP contribution in [0.2, 0.25) is 0 Å². The Balaban J connectivity index is 1.62. The van der Waals surface area contributed by atoms with Crippen LogP contribution in [0.4, 0.5) is 5.82 Å². The van der Waals surface area contributed by atoms with Gasteiger partial charge >= 0.3 is 0 Å². The number of carbonyl (C=O) groups excluding carboxylic acids is 1. The molecule has 0 spiro atoms. The van der Waals surface area contributed by atoms with E-state index in [0.717, 1.165) is 61.0 Å². The zero-order chi connectivity index (χ0) is 18.3. The van der Waals surface area contributed by atoms with Crippen molar-refractivity contribution in [1.82, 2.24) is 29.6 Å². The fraction of sp³-hybridized carbons (Fsp3) is 0.611. The molecule has 0 fully saturated rings. The Morgan fingerprint density at radius 2 is 1.88 bits per heavy atom. The lowest BCUT2D eigenvalue weighted by atomic mass is 10.0. The molecule has 8 heteroatoms. The first kappa shape index (κ1) is 16.9. The van der Waals surface area contributed by atoms with E-state index in [4.69, 9.17) is 0 Å². The Morgan fingerprint density at radius 1 is 1.04 bits per heavy atom. The van der Waals surface area contributed by atoms with Gasteiger partial charge in [-0.25, -0.2) is 9.97 Å². The second-order valence-electron chi connectivity index (χ2n) is 7.29. The zero-order valence-electron chi connectivity index (χ0n) is 15.7. The van der Waals surface area contributed by atoms with Gasteiger partial charge in [0.05, 0.1) is 12.2 Å². The van der Waals surface area contributed by atoms with Crippen LogP contribution >= 0.6 is 0 Å². The first-order valence-corrected chi connectivity index (χ1v) is 9.29. The zero-order valence-corrected chi connectivity index (χ0v) is 15.7. The molecular formula is C18H25N7O. The summed E-state index contributed by atoms with van der Waals surface area (Å²) in [6, 6.07) is 0. The van der Waals surface area contributed by atoms with Gasteiger partial charge in [0.15, 0.2) is 0 Å². The molecule has 0 radical (unpaired) electrons. The number of carbonyl (C=O) groups is 1. The van der Waals surface area contributed by atoms with Gasteiger partial charge in [0.1, 0.15) is 17.5 Å². The van der Waals surface area contributed by atoms with Crippen molar-refractivity contribution < 1.29 is 4.79 Å². The van der Waals surface area contributed by atoms with Crippen LogP contribution in [0.1, 0.15) is 52.8 Å². The first-order chi connectivity index (χ1) is 12.5. The van der Waals surface area contributed by atoms with Gasteiger partial charge < -0.3 is 14.4 Å². The number of amides is 1. The van der Waals surface area contributed by atoms with Crippen LogP contribution in [0.3, 0.4) is 0 Å². The van der Waals surface area contributed by atoms with E-state index in [1.54, 1.807) is 0 Å². The highest BCUT2D eigenvalue weighted by Gasteiger charge is 2.29. The third-order valence-corrected chi connectivity index (χ3v) is 5.17. The van der Waals surface area contributed by atoms with Crippen molar-refractivity contribution in [2.45, 2.75) is 52.1 Å². The van der Waals surface area contributed by atoms with Crippen molar-refractivity contribution in [3.63, 3.8) is 0 Å². The van der Waals surface area contributed by atoms with Crippen molar-refractivity contribution in [2.75, 3.05) is 25.5 Å². The monoisotopic (exact) mass is 355 g/mol. The maximum absolute atomic E-state index is 13.1. The molecule has 2 aliphatic rings. The molecule has 26 heavy (non-hydrogen) atoms. The maximum Gasteiger partial charge on any atom is 0.292 e. The van der Waals surface area contributed by atoms with E-state index in [9.17, 15) is 4.79 Å². The standard InChI is InChI=1S/C18H25N7O/c1-12-19-14-11-24(10-8-13(14)16(20-12)23(2)3)18(26)17-22-21-15-7-5-4-6-9-25(15)17/h4-11H2,1-3H3. The summed E-state index contributed by atoms with van der Waals surface area (Å²) in [6.45, 7) is 3.88. The van der Waals surface area contributed by atoms with Crippen molar-refractivity contribution >= 4 is 11.7 Å². The summed E-state index contributed by atoms with van der Waals surface area (Å²) >= 11 is 0. The molecule has 2 aromatic heterocycles. The molecular weight excluding hydrogens is 330 g/mol. The number of nitrogens with zero attached hydrogens (tertiary/aromatic N) is 7. The topological polar surface area (TPSA) is 80.0 Å². The molecule has 2 aromatic rings. The van der Waals surface area contributed by atoms with Crippen LogP contribution in [-0.2, 0) is 25.9 Å². The minimum Gasteiger partial charge on any atom is -0.362 e. The number of fused-ring (bicyclic) bond motifs is 2. The van der Waals surface area contributed by atoms with Crippen LogP contribution in [0.25, 0.3) is 0 Å². The lowest BCUT2D eigenvalue weighted by Crippen LogP contribution is -2.39. The fourth-order valence-corrected chi connectivity index (χ4v) is 3.86. The number of aryl methyl sites for hydroxylation is 2. The number of rotatable bonds is 2. The molecule has 0 bridgehead atoms. The molecule has 138 valence electrons. The van der Waals surface area contributed by atoms with Gasteiger partial charge in [-0.1, -0.05) is 6.42 Å². The summed E-state index contributed by atoms with van der Waals surface area (Å²) in [7, 11) is 3.98. The van der Waals surface area contributed by atoms with Crippen LogP contribution in [-0.4, -0.2) is 56.2 Å². The molecule has 0 saturated carbocycles. The Bertz CT molecular complexity index is 842. The van der Waals surface area contributed by atoms with Crippen molar-refractivity contribution in [3.8, 4) is 0 Å². The summed E-state index contributed by atoms with van der Waals surface area (Å²) < 4.78 is 2.02. The second-order valence-corrected chi connectivity index (χ2v) is 7.29. The molecule has 0 N–H and O–H groups in total. The lowest BCUT2D eigenvalue weighted by molar-refractivity contribution is 0.0713. The maximum atomic E-state index is 13.1. The van der Waals surface area contributed by atoms with E-state index in [-0.39, 0.29) is 5.91 Å². The van der Waals surface area contributed by atoms with E-state index >= 15 is 0 Å². The quantitative estimate of drug-likeness (QED) is 0.809. The minimum atomic E-state index is -0.0426. The SMILES string of the molecule is Cc1nc2c(c(N(C)C)n1)CCN(C(=O)c1nnc3n1CCCCC3)C2. The number of anilines is 1. The third-order valence-electron chi connectivity index (χ3n) is 5.17. The highest BCUT2D eigenvalue weighted by atomic mass is 16.2. The van der Waals surface area contributed by atoms with E-state index in [2.05, 4.69) is 20.2 Å². The highest BCUT2D eigenvalue weighted by molar-refractivity contribution is 5.91. The van der Waals surface area contributed by atoms with Gasteiger partial charge in [0, 0.05) is 39.2 Å². The van der Waals surface area contributed by atoms with Crippen molar-refractivity contribution in [2.24, 2.45) is 0 Å². The van der Waals surface area contributed by atoms with E-state index < -0.39 is 0 Å². The Morgan fingerprint density at radius 3 is 2.69 bits per heavy atom. The number of aromatic nitrogens is 5. The lowest BCUT2D eigenvalue weighted by Gasteiger charge is -2.30. The second kappa shape index (κ2) is 6.66.